The van der Waals surface area contributed by atoms with Gasteiger partial charge in [0.1, 0.15) is 4.88 Å². The molecule has 0 unspecified atom stereocenters. The van der Waals surface area contributed by atoms with Crippen molar-refractivity contribution in [3.05, 3.63) is 10.6 Å². The Balaban J connectivity index is 2.17. The molecule has 5 nitrogen and oxygen atoms in total. The van der Waals surface area contributed by atoms with Gasteiger partial charge < -0.3 is 10.2 Å². The Morgan fingerprint density at radius 2 is 2.50 bits per heavy atom. The molecule has 1 aliphatic rings. The van der Waals surface area contributed by atoms with Gasteiger partial charge in [-0.1, -0.05) is 11.4 Å². The minimum absolute atomic E-state index is 0.0841. The van der Waals surface area contributed by atoms with Crippen molar-refractivity contribution >= 4 is 17.4 Å². The molecule has 0 saturated carbocycles. The van der Waals surface area contributed by atoms with E-state index in [1.165, 1.54) is 11.5 Å². The maximum Gasteiger partial charge on any atom is 0.267 e. The highest BCUT2D eigenvalue weighted by molar-refractivity contribution is 7.08. The molecule has 2 rings (SSSR count). The number of rotatable bonds is 2. The highest BCUT2D eigenvalue weighted by Gasteiger charge is 2.27. The van der Waals surface area contributed by atoms with E-state index in [9.17, 15) is 4.79 Å². The third-order valence-electron chi connectivity index (χ3n) is 2.85. The Hall–Kier alpha value is -1.01. The van der Waals surface area contributed by atoms with E-state index in [0.717, 1.165) is 31.7 Å². The summed E-state index contributed by atoms with van der Waals surface area (Å²) < 4.78 is 3.86. The largest absolute Gasteiger partial charge is 0.333 e. The fraction of sp³-hybridized carbons (Fsp3) is 0.700. The summed E-state index contributed by atoms with van der Waals surface area (Å²) in [4.78, 5) is 14.9. The molecule has 1 saturated heterocycles. The van der Waals surface area contributed by atoms with E-state index in [1.807, 2.05) is 11.8 Å². The number of aromatic nitrogens is 2. The number of aryl methyl sites for hydroxylation is 1. The first kappa shape index (κ1) is 11.5. The summed E-state index contributed by atoms with van der Waals surface area (Å²) in [5.41, 5.74) is 0.820. The topological polar surface area (TPSA) is 58.1 Å². The van der Waals surface area contributed by atoms with Crippen LogP contribution in [0.4, 0.5) is 0 Å². The molecule has 0 bridgehead atoms. The van der Waals surface area contributed by atoms with Gasteiger partial charge in [0.25, 0.3) is 5.91 Å². The van der Waals surface area contributed by atoms with Crippen molar-refractivity contribution in [2.45, 2.75) is 26.3 Å². The zero-order valence-corrected chi connectivity index (χ0v) is 10.4. The number of nitrogens with one attached hydrogen (secondary N) is 1. The minimum Gasteiger partial charge on any atom is -0.333 e. The monoisotopic (exact) mass is 240 g/mol. The Labute approximate surface area is 99.0 Å². The zero-order valence-electron chi connectivity index (χ0n) is 9.56. The van der Waals surface area contributed by atoms with Crippen LogP contribution in [0.25, 0.3) is 0 Å². The lowest BCUT2D eigenvalue weighted by molar-refractivity contribution is 0.0659. The minimum atomic E-state index is 0.0841. The summed E-state index contributed by atoms with van der Waals surface area (Å²) in [5, 5.41) is 7.25. The normalized spacial score (nSPS) is 21.1. The van der Waals surface area contributed by atoms with Crippen LogP contribution in [0.1, 0.15) is 29.2 Å². The fourth-order valence-corrected chi connectivity index (χ4v) is 2.58. The molecule has 0 aromatic carbocycles. The van der Waals surface area contributed by atoms with Gasteiger partial charge in [-0.25, -0.2) is 0 Å². The molecule has 1 aromatic heterocycles. The highest BCUT2D eigenvalue weighted by Crippen LogP contribution is 2.16. The molecule has 0 radical (unpaired) electrons. The average molecular weight is 240 g/mol. The lowest BCUT2D eigenvalue weighted by Crippen LogP contribution is -2.52. The highest BCUT2D eigenvalue weighted by atomic mass is 32.1. The molecule has 0 spiro atoms. The first-order valence-corrected chi connectivity index (χ1v) is 6.34. The Morgan fingerprint density at radius 1 is 1.69 bits per heavy atom. The summed E-state index contributed by atoms with van der Waals surface area (Å²) in [6.07, 6.45) is 0.762. The molecule has 6 heteroatoms. The number of carbonyl (C=O) groups is 1. The van der Waals surface area contributed by atoms with Crippen molar-refractivity contribution in [1.29, 1.82) is 0 Å². The van der Waals surface area contributed by atoms with E-state index >= 15 is 0 Å². The summed E-state index contributed by atoms with van der Waals surface area (Å²) in [5.74, 6) is 0.0841. The van der Waals surface area contributed by atoms with Crippen LogP contribution in [0, 0.1) is 0 Å². The summed E-state index contributed by atoms with van der Waals surface area (Å²) in [7, 11) is 0. The van der Waals surface area contributed by atoms with Gasteiger partial charge in [-0.3, -0.25) is 4.79 Å². The number of nitrogens with zero attached hydrogens (tertiary/aromatic N) is 3. The summed E-state index contributed by atoms with van der Waals surface area (Å²) in [6.45, 7) is 6.54. The van der Waals surface area contributed by atoms with Gasteiger partial charge >= 0.3 is 0 Å². The Morgan fingerprint density at radius 3 is 3.19 bits per heavy atom. The van der Waals surface area contributed by atoms with Crippen LogP contribution in [-0.2, 0) is 6.42 Å². The second kappa shape index (κ2) is 4.88. The molecule has 1 amide bonds. The second-order valence-electron chi connectivity index (χ2n) is 3.95. The molecular formula is C10H16N4OS. The van der Waals surface area contributed by atoms with Crippen molar-refractivity contribution in [2.24, 2.45) is 0 Å². The van der Waals surface area contributed by atoms with E-state index in [-0.39, 0.29) is 11.9 Å². The zero-order chi connectivity index (χ0) is 11.5. The molecule has 2 heterocycles. The maximum atomic E-state index is 12.3. The van der Waals surface area contributed by atoms with E-state index in [2.05, 4.69) is 21.8 Å². The molecule has 0 aliphatic carbocycles. The smallest absolute Gasteiger partial charge is 0.267 e. The van der Waals surface area contributed by atoms with E-state index in [1.54, 1.807) is 0 Å². The van der Waals surface area contributed by atoms with Crippen molar-refractivity contribution in [1.82, 2.24) is 19.8 Å². The standard InChI is InChI=1S/C10H16N4OS/c1-3-8-9(16-13-12-8)10(15)14-5-4-11-6-7(14)2/h7,11H,3-6H2,1-2H3/t7-/m1/s1. The SMILES string of the molecule is CCc1nnsc1C(=O)N1CCNC[C@H]1C. The van der Waals surface area contributed by atoms with E-state index < -0.39 is 0 Å². The Kier molecular flexibility index (Phi) is 3.50. The van der Waals surface area contributed by atoms with Crippen LogP contribution in [0.15, 0.2) is 0 Å². The number of hydrogen-bond donors (Lipinski definition) is 1. The van der Waals surface area contributed by atoms with Gasteiger partial charge in [-0.05, 0) is 24.9 Å². The van der Waals surface area contributed by atoms with Crippen molar-refractivity contribution in [2.75, 3.05) is 19.6 Å². The maximum absolute atomic E-state index is 12.3. The van der Waals surface area contributed by atoms with Gasteiger partial charge in [-0.15, -0.1) is 5.10 Å². The van der Waals surface area contributed by atoms with Crippen molar-refractivity contribution in [3.8, 4) is 0 Å². The third kappa shape index (κ3) is 2.08. The van der Waals surface area contributed by atoms with Gasteiger partial charge in [0.05, 0.1) is 5.69 Å². The van der Waals surface area contributed by atoms with Crippen LogP contribution in [0.5, 0.6) is 0 Å². The molecular weight excluding hydrogens is 224 g/mol. The van der Waals surface area contributed by atoms with Crippen LogP contribution in [-0.4, -0.2) is 46.1 Å². The fourth-order valence-electron chi connectivity index (χ4n) is 1.88. The molecule has 1 aliphatic heterocycles. The van der Waals surface area contributed by atoms with Gasteiger partial charge in [0, 0.05) is 25.7 Å². The van der Waals surface area contributed by atoms with Crippen LogP contribution in [0.2, 0.25) is 0 Å². The lowest BCUT2D eigenvalue weighted by atomic mass is 10.2. The average Bonchev–Trinajstić information content (AvgIpc) is 2.77. The van der Waals surface area contributed by atoms with Crippen molar-refractivity contribution in [3.63, 3.8) is 0 Å². The number of hydrogen-bond acceptors (Lipinski definition) is 5. The van der Waals surface area contributed by atoms with Gasteiger partial charge in [-0.2, -0.15) is 0 Å². The molecule has 1 atom stereocenters. The van der Waals surface area contributed by atoms with Crippen LogP contribution < -0.4 is 5.32 Å². The Bertz CT molecular complexity index is 379. The number of carbonyl (C=O) groups excluding carboxylic acids is 1. The third-order valence-corrected chi connectivity index (χ3v) is 3.60. The van der Waals surface area contributed by atoms with Gasteiger partial charge in [0.2, 0.25) is 0 Å². The lowest BCUT2D eigenvalue weighted by Gasteiger charge is -2.33. The predicted molar refractivity (Wildman–Crippen MR) is 62.7 cm³/mol. The summed E-state index contributed by atoms with van der Waals surface area (Å²) in [6, 6.07) is 0.244. The summed E-state index contributed by atoms with van der Waals surface area (Å²) >= 11 is 1.21. The molecule has 88 valence electrons. The quantitative estimate of drug-likeness (QED) is 0.819. The second-order valence-corrected chi connectivity index (χ2v) is 4.71. The van der Waals surface area contributed by atoms with Crippen LogP contribution >= 0.6 is 11.5 Å². The number of amides is 1. The first-order valence-electron chi connectivity index (χ1n) is 5.57. The molecule has 16 heavy (non-hydrogen) atoms. The molecule has 1 fully saturated rings. The first-order chi connectivity index (χ1) is 7.74. The predicted octanol–water partition coefficient (Wildman–Crippen LogP) is 0.534. The van der Waals surface area contributed by atoms with E-state index in [0.29, 0.717) is 4.88 Å². The van der Waals surface area contributed by atoms with Crippen molar-refractivity contribution < 1.29 is 4.79 Å². The van der Waals surface area contributed by atoms with Crippen LogP contribution in [0.3, 0.4) is 0 Å². The molecule has 1 N–H and O–H groups in total. The molecule has 1 aromatic rings. The van der Waals surface area contributed by atoms with Gasteiger partial charge in [0.15, 0.2) is 0 Å². The van der Waals surface area contributed by atoms with E-state index in [4.69, 9.17) is 0 Å². The number of piperazine rings is 1.